The number of aromatic nitrogens is 1. The third kappa shape index (κ3) is 4.83. The van der Waals surface area contributed by atoms with E-state index >= 15 is 0 Å². The fourth-order valence-electron chi connectivity index (χ4n) is 3.53. The van der Waals surface area contributed by atoms with E-state index in [1.807, 2.05) is 18.2 Å². The van der Waals surface area contributed by atoms with Crippen molar-refractivity contribution in [2.75, 3.05) is 27.4 Å². The highest BCUT2D eigenvalue weighted by atomic mass is 16.5. The van der Waals surface area contributed by atoms with Gasteiger partial charge in [0.15, 0.2) is 11.5 Å². The van der Waals surface area contributed by atoms with Gasteiger partial charge in [-0.1, -0.05) is 6.07 Å². The first-order valence-electron chi connectivity index (χ1n) is 9.92. The molecule has 2 N–H and O–H groups in total. The number of methoxy groups -OCH3 is 2. The topological polar surface area (TPSA) is 99.0 Å². The third-order valence-electron chi connectivity index (χ3n) is 5.33. The van der Waals surface area contributed by atoms with E-state index < -0.39 is 18.1 Å². The zero-order chi connectivity index (χ0) is 21.7. The molecule has 0 bridgehead atoms. The zero-order valence-electron chi connectivity index (χ0n) is 17.5. The molecule has 2 heterocycles. The van der Waals surface area contributed by atoms with Crippen molar-refractivity contribution in [1.82, 2.24) is 9.88 Å². The van der Waals surface area contributed by atoms with E-state index in [1.165, 1.54) is 4.57 Å². The van der Waals surface area contributed by atoms with Crippen molar-refractivity contribution in [2.45, 2.75) is 38.5 Å². The number of aliphatic hydroxyl groups is 1. The van der Waals surface area contributed by atoms with E-state index in [2.05, 4.69) is 5.32 Å². The van der Waals surface area contributed by atoms with Crippen molar-refractivity contribution < 1.29 is 24.1 Å². The molecule has 1 amide bonds. The minimum Gasteiger partial charge on any atom is -0.493 e. The van der Waals surface area contributed by atoms with Gasteiger partial charge in [-0.2, -0.15) is 0 Å². The second kappa shape index (κ2) is 9.77. The Morgan fingerprint density at radius 2 is 2.03 bits per heavy atom. The molecule has 8 nitrogen and oxygen atoms in total. The van der Waals surface area contributed by atoms with Crippen LogP contribution in [-0.4, -0.2) is 55.2 Å². The van der Waals surface area contributed by atoms with Crippen LogP contribution in [-0.2, 0) is 17.7 Å². The molecule has 1 fully saturated rings. The predicted octanol–water partition coefficient (Wildman–Crippen LogP) is 1.30. The lowest BCUT2D eigenvalue weighted by molar-refractivity contribution is -0.0261. The van der Waals surface area contributed by atoms with Crippen LogP contribution in [0.1, 0.15) is 27.9 Å². The van der Waals surface area contributed by atoms with Crippen LogP contribution in [0.5, 0.6) is 11.5 Å². The molecule has 2 aromatic rings. The monoisotopic (exact) mass is 416 g/mol. The molecular weight excluding hydrogens is 388 g/mol. The molecule has 0 saturated carbocycles. The lowest BCUT2D eigenvalue weighted by atomic mass is 10.0. The van der Waals surface area contributed by atoms with E-state index in [9.17, 15) is 14.7 Å². The normalized spacial score (nSPS) is 18.7. The largest absolute Gasteiger partial charge is 0.493 e. The molecule has 0 spiro atoms. The average molecular weight is 416 g/mol. The first-order valence-corrected chi connectivity index (χ1v) is 9.92. The van der Waals surface area contributed by atoms with Crippen molar-refractivity contribution in [1.29, 1.82) is 0 Å². The second-order valence-corrected chi connectivity index (χ2v) is 7.32. The van der Waals surface area contributed by atoms with Crippen molar-refractivity contribution >= 4 is 5.91 Å². The van der Waals surface area contributed by atoms with Crippen molar-refractivity contribution in [3.8, 4) is 11.5 Å². The average Bonchev–Trinajstić information content (AvgIpc) is 2.74. The van der Waals surface area contributed by atoms with Gasteiger partial charge >= 0.3 is 0 Å². The van der Waals surface area contributed by atoms with Gasteiger partial charge < -0.3 is 29.2 Å². The number of rotatable bonds is 7. The molecule has 0 radical (unpaired) electrons. The Balaban J connectivity index is 1.76. The molecule has 1 aromatic carbocycles. The smallest absolute Gasteiger partial charge is 0.263 e. The first-order chi connectivity index (χ1) is 14.4. The molecular formula is C22H28N2O6. The van der Waals surface area contributed by atoms with Gasteiger partial charge in [-0.15, -0.1) is 0 Å². The molecule has 1 aliphatic rings. The first kappa shape index (κ1) is 21.9. The fourth-order valence-corrected chi connectivity index (χ4v) is 3.53. The van der Waals surface area contributed by atoms with Crippen LogP contribution in [0.15, 0.2) is 35.3 Å². The number of aryl methyl sites for hydroxylation is 3. The van der Waals surface area contributed by atoms with Crippen LogP contribution in [0.3, 0.4) is 0 Å². The number of hydrogen-bond donors (Lipinski definition) is 2. The van der Waals surface area contributed by atoms with Gasteiger partial charge in [-0.25, -0.2) is 0 Å². The standard InChI is InChI=1S/C22H28N2O6/c1-14-6-9-24(10-7-15-4-5-18(28-2)19(12-15)29-3)22(27)20(14)21(26)23-16-8-11-30-13-17(16)25/h4-6,9,12,16-17,25H,7-8,10-11,13H2,1-3H3,(H,23,26)/t16-,17-/m0/s1. The summed E-state index contributed by atoms with van der Waals surface area (Å²) in [6, 6.07) is 6.94. The number of hydrogen-bond acceptors (Lipinski definition) is 6. The highest BCUT2D eigenvalue weighted by Gasteiger charge is 2.27. The number of pyridine rings is 1. The Morgan fingerprint density at radius 3 is 2.73 bits per heavy atom. The molecule has 30 heavy (non-hydrogen) atoms. The number of amides is 1. The minimum atomic E-state index is -0.779. The maximum absolute atomic E-state index is 13.0. The van der Waals surface area contributed by atoms with E-state index in [0.29, 0.717) is 43.1 Å². The molecule has 8 heteroatoms. The summed E-state index contributed by atoms with van der Waals surface area (Å²) in [5.41, 5.74) is 1.33. The van der Waals surface area contributed by atoms with Gasteiger partial charge in [0.1, 0.15) is 5.56 Å². The molecule has 1 aromatic heterocycles. The molecule has 1 aliphatic heterocycles. The van der Waals surface area contributed by atoms with Crippen LogP contribution >= 0.6 is 0 Å². The maximum Gasteiger partial charge on any atom is 0.263 e. The Bertz CT molecular complexity index is 955. The van der Waals surface area contributed by atoms with Crippen LogP contribution < -0.4 is 20.3 Å². The Kier molecular flexibility index (Phi) is 7.12. The number of carbonyl (C=O) groups is 1. The quantitative estimate of drug-likeness (QED) is 0.706. The molecule has 3 rings (SSSR count). The summed E-state index contributed by atoms with van der Waals surface area (Å²) in [4.78, 5) is 25.7. The molecule has 2 atom stereocenters. The molecule has 0 unspecified atom stereocenters. The van der Waals surface area contributed by atoms with Crippen molar-refractivity contribution in [2.24, 2.45) is 0 Å². The molecule has 0 aliphatic carbocycles. The number of ether oxygens (including phenoxy) is 3. The SMILES string of the molecule is COc1ccc(CCn2ccc(C)c(C(=O)N[C@H]3CCOC[C@@H]3O)c2=O)cc1OC. The second-order valence-electron chi connectivity index (χ2n) is 7.32. The predicted molar refractivity (Wildman–Crippen MR) is 111 cm³/mol. The number of nitrogens with one attached hydrogen (secondary N) is 1. The van der Waals surface area contributed by atoms with Gasteiger partial charge in [0.25, 0.3) is 11.5 Å². The lowest BCUT2D eigenvalue weighted by Gasteiger charge is -2.28. The van der Waals surface area contributed by atoms with Crippen LogP contribution in [0.25, 0.3) is 0 Å². The van der Waals surface area contributed by atoms with E-state index in [0.717, 1.165) is 5.56 Å². The van der Waals surface area contributed by atoms with Crippen molar-refractivity contribution in [3.63, 3.8) is 0 Å². The summed E-state index contributed by atoms with van der Waals surface area (Å²) >= 11 is 0. The highest BCUT2D eigenvalue weighted by Crippen LogP contribution is 2.27. The zero-order valence-corrected chi connectivity index (χ0v) is 17.5. The van der Waals surface area contributed by atoms with E-state index in [-0.39, 0.29) is 17.7 Å². The van der Waals surface area contributed by atoms with Crippen LogP contribution in [0.2, 0.25) is 0 Å². The van der Waals surface area contributed by atoms with E-state index in [4.69, 9.17) is 14.2 Å². The van der Waals surface area contributed by atoms with Gasteiger partial charge in [0, 0.05) is 19.3 Å². The summed E-state index contributed by atoms with van der Waals surface area (Å²) in [5, 5.41) is 12.8. The third-order valence-corrected chi connectivity index (χ3v) is 5.33. The summed E-state index contributed by atoms with van der Waals surface area (Å²) in [7, 11) is 3.15. The molecule has 1 saturated heterocycles. The highest BCUT2D eigenvalue weighted by molar-refractivity contribution is 5.95. The van der Waals surface area contributed by atoms with E-state index in [1.54, 1.807) is 33.4 Å². The van der Waals surface area contributed by atoms with Gasteiger partial charge in [0.05, 0.1) is 33.0 Å². The summed E-state index contributed by atoms with van der Waals surface area (Å²) < 4.78 is 17.3. The summed E-state index contributed by atoms with van der Waals surface area (Å²) in [5.74, 6) is 0.799. The van der Waals surface area contributed by atoms with Gasteiger partial charge in [-0.05, 0) is 49.1 Å². The van der Waals surface area contributed by atoms with Crippen LogP contribution in [0.4, 0.5) is 0 Å². The number of benzene rings is 1. The lowest BCUT2D eigenvalue weighted by Crippen LogP contribution is -2.50. The Hall–Kier alpha value is -2.84. The number of aliphatic hydroxyl groups excluding tert-OH is 1. The maximum atomic E-state index is 13.0. The van der Waals surface area contributed by atoms with Crippen LogP contribution in [0, 0.1) is 6.92 Å². The minimum absolute atomic E-state index is 0.100. The van der Waals surface area contributed by atoms with Gasteiger partial charge in [-0.3, -0.25) is 9.59 Å². The summed E-state index contributed by atoms with van der Waals surface area (Å²) in [6.07, 6.45) is 2.01. The Labute approximate surface area is 175 Å². The number of nitrogens with zero attached hydrogens (tertiary/aromatic N) is 1. The Morgan fingerprint density at radius 1 is 1.27 bits per heavy atom. The number of carbonyl (C=O) groups excluding carboxylic acids is 1. The van der Waals surface area contributed by atoms with Crippen molar-refractivity contribution in [3.05, 3.63) is 57.5 Å². The van der Waals surface area contributed by atoms with Gasteiger partial charge in [0.2, 0.25) is 0 Å². The molecule has 162 valence electrons. The fraction of sp³-hybridized carbons (Fsp3) is 0.455. The summed E-state index contributed by atoms with van der Waals surface area (Å²) in [6.45, 7) is 2.78.